The second-order valence-electron chi connectivity index (χ2n) is 4.58. The van der Waals surface area contributed by atoms with Gasteiger partial charge in [-0.15, -0.1) is 11.3 Å². The summed E-state index contributed by atoms with van der Waals surface area (Å²) in [5, 5.41) is 2.83. The van der Waals surface area contributed by atoms with Crippen molar-refractivity contribution >= 4 is 17.2 Å². The molecule has 1 N–H and O–H groups in total. The minimum absolute atomic E-state index is 0.0973. The maximum Gasteiger partial charge on any atom is 0.254 e. The average Bonchev–Trinajstić information content (AvgIpc) is 2.79. The Morgan fingerprint density at radius 2 is 2.00 bits per heavy atom. The van der Waals surface area contributed by atoms with E-state index in [1.807, 2.05) is 26.0 Å². The third-order valence-corrected chi connectivity index (χ3v) is 4.16. The van der Waals surface area contributed by atoms with Crippen molar-refractivity contribution in [3.63, 3.8) is 0 Å². The molecular weight excluding hydrogens is 261 g/mol. The van der Waals surface area contributed by atoms with E-state index in [0.29, 0.717) is 5.56 Å². The SMILES string of the molecule is Cc1ccc(C(C)NC(=O)c2cccc(C)c2F)s1. The lowest BCUT2D eigenvalue weighted by atomic mass is 10.1. The summed E-state index contributed by atoms with van der Waals surface area (Å²) in [7, 11) is 0. The number of thiophene rings is 1. The van der Waals surface area contributed by atoms with Crippen molar-refractivity contribution < 1.29 is 9.18 Å². The van der Waals surface area contributed by atoms with Gasteiger partial charge >= 0.3 is 0 Å². The Bertz CT molecular complexity index is 606. The number of nitrogens with one attached hydrogen (secondary N) is 1. The lowest BCUT2D eigenvalue weighted by Gasteiger charge is -2.13. The van der Waals surface area contributed by atoms with E-state index in [2.05, 4.69) is 5.32 Å². The molecule has 2 rings (SSSR count). The molecule has 1 atom stereocenters. The Morgan fingerprint density at radius 1 is 1.26 bits per heavy atom. The lowest BCUT2D eigenvalue weighted by molar-refractivity contribution is 0.0936. The monoisotopic (exact) mass is 277 g/mol. The predicted molar refractivity (Wildman–Crippen MR) is 76.1 cm³/mol. The van der Waals surface area contributed by atoms with Crippen LogP contribution in [0.25, 0.3) is 0 Å². The van der Waals surface area contributed by atoms with E-state index in [-0.39, 0.29) is 17.5 Å². The largest absolute Gasteiger partial charge is 0.345 e. The van der Waals surface area contributed by atoms with Crippen molar-refractivity contribution in [3.05, 3.63) is 57.0 Å². The standard InChI is InChI=1S/C15H16FNOS/c1-9-5-4-6-12(14(9)16)15(18)17-11(3)13-8-7-10(2)19-13/h4-8,11H,1-3H3,(H,17,18). The van der Waals surface area contributed by atoms with E-state index in [1.54, 1.807) is 30.4 Å². The summed E-state index contributed by atoms with van der Waals surface area (Å²) in [6, 6.07) is 8.72. The van der Waals surface area contributed by atoms with Crippen LogP contribution in [-0.4, -0.2) is 5.91 Å². The molecule has 1 amide bonds. The number of hydrogen-bond acceptors (Lipinski definition) is 2. The van der Waals surface area contributed by atoms with Crippen LogP contribution in [0, 0.1) is 19.7 Å². The van der Waals surface area contributed by atoms with Crippen molar-refractivity contribution in [2.24, 2.45) is 0 Å². The zero-order valence-corrected chi connectivity index (χ0v) is 12.0. The highest BCUT2D eigenvalue weighted by molar-refractivity contribution is 7.12. The Kier molecular flexibility index (Phi) is 4.00. The first-order chi connectivity index (χ1) is 8.99. The Hall–Kier alpha value is -1.68. The van der Waals surface area contributed by atoms with Crippen LogP contribution in [0.5, 0.6) is 0 Å². The van der Waals surface area contributed by atoms with Gasteiger partial charge in [0.15, 0.2) is 0 Å². The number of hydrogen-bond donors (Lipinski definition) is 1. The minimum atomic E-state index is -0.449. The molecule has 0 saturated carbocycles. The number of carbonyl (C=O) groups excluding carboxylic acids is 1. The van der Waals surface area contributed by atoms with Crippen molar-refractivity contribution in [1.82, 2.24) is 5.32 Å². The molecular formula is C15H16FNOS. The van der Waals surface area contributed by atoms with Crippen LogP contribution in [0.15, 0.2) is 30.3 Å². The van der Waals surface area contributed by atoms with Crippen LogP contribution in [0.4, 0.5) is 4.39 Å². The van der Waals surface area contributed by atoms with Gasteiger partial charge in [-0.3, -0.25) is 4.79 Å². The van der Waals surface area contributed by atoms with E-state index >= 15 is 0 Å². The summed E-state index contributed by atoms with van der Waals surface area (Å²) in [4.78, 5) is 14.3. The van der Waals surface area contributed by atoms with Gasteiger partial charge in [-0.05, 0) is 44.5 Å². The fraction of sp³-hybridized carbons (Fsp3) is 0.267. The molecule has 19 heavy (non-hydrogen) atoms. The molecule has 0 aliphatic carbocycles. The van der Waals surface area contributed by atoms with Crippen LogP contribution >= 0.6 is 11.3 Å². The van der Waals surface area contributed by atoms with Crippen LogP contribution in [0.2, 0.25) is 0 Å². The van der Waals surface area contributed by atoms with Gasteiger partial charge in [0, 0.05) is 9.75 Å². The highest BCUT2D eigenvalue weighted by atomic mass is 32.1. The average molecular weight is 277 g/mol. The summed E-state index contributed by atoms with van der Waals surface area (Å²) in [6.45, 7) is 5.57. The van der Waals surface area contributed by atoms with Crippen LogP contribution in [0.3, 0.4) is 0 Å². The first kappa shape index (κ1) is 13.7. The summed E-state index contributed by atoms with van der Waals surface area (Å²) < 4.78 is 13.9. The molecule has 1 unspecified atom stereocenters. The number of benzene rings is 1. The van der Waals surface area contributed by atoms with Crippen molar-refractivity contribution in [3.8, 4) is 0 Å². The highest BCUT2D eigenvalue weighted by Gasteiger charge is 2.16. The van der Waals surface area contributed by atoms with Gasteiger partial charge in [0.2, 0.25) is 0 Å². The summed E-state index contributed by atoms with van der Waals surface area (Å²) in [6.07, 6.45) is 0. The maximum absolute atomic E-state index is 13.9. The zero-order chi connectivity index (χ0) is 14.0. The number of aryl methyl sites for hydroxylation is 2. The number of rotatable bonds is 3. The maximum atomic E-state index is 13.9. The third kappa shape index (κ3) is 3.01. The number of amides is 1. The van der Waals surface area contributed by atoms with Crippen LogP contribution in [-0.2, 0) is 0 Å². The van der Waals surface area contributed by atoms with Gasteiger partial charge in [-0.1, -0.05) is 12.1 Å². The van der Waals surface area contributed by atoms with E-state index in [1.165, 1.54) is 10.9 Å². The normalized spacial score (nSPS) is 12.2. The fourth-order valence-corrected chi connectivity index (χ4v) is 2.73. The molecule has 0 spiro atoms. The Morgan fingerprint density at radius 3 is 2.63 bits per heavy atom. The summed E-state index contributed by atoms with van der Waals surface area (Å²) >= 11 is 1.63. The molecule has 0 aliphatic rings. The van der Waals surface area contributed by atoms with Gasteiger partial charge in [-0.2, -0.15) is 0 Å². The topological polar surface area (TPSA) is 29.1 Å². The van der Waals surface area contributed by atoms with E-state index in [9.17, 15) is 9.18 Å². The van der Waals surface area contributed by atoms with Crippen molar-refractivity contribution in [1.29, 1.82) is 0 Å². The zero-order valence-electron chi connectivity index (χ0n) is 11.2. The summed E-state index contributed by atoms with van der Waals surface area (Å²) in [5.74, 6) is -0.825. The quantitative estimate of drug-likeness (QED) is 0.903. The van der Waals surface area contributed by atoms with Gasteiger partial charge < -0.3 is 5.32 Å². The fourth-order valence-electron chi connectivity index (χ4n) is 1.85. The molecule has 0 aliphatic heterocycles. The molecule has 0 bridgehead atoms. The second kappa shape index (κ2) is 5.53. The molecule has 100 valence electrons. The first-order valence-corrected chi connectivity index (χ1v) is 6.93. The van der Waals surface area contributed by atoms with E-state index in [4.69, 9.17) is 0 Å². The molecule has 1 aromatic heterocycles. The molecule has 2 aromatic rings. The van der Waals surface area contributed by atoms with Gasteiger partial charge in [0.05, 0.1) is 11.6 Å². The minimum Gasteiger partial charge on any atom is -0.345 e. The third-order valence-electron chi connectivity index (χ3n) is 2.97. The lowest BCUT2D eigenvalue weighted by Crippen LogP contribution is -2.27. The summed E-state index contributed by atoms with van der Waals surface area (Å²) in [5.41, 5.74) is 0.576. The molecule has 0 fully saturated rings. The van der Waals surface area contributed by atoms with Gasteiger partial charge in [0.1, 0.15) is 5.82 Å². The number of halogens is 1. The van der Waals surface area contributed by atoms with Crippen LogP contribution < -0.4 is 5.32 Å². The molecule has 2 nitrogen and oxygen atoms in total. The molecule has 4 heteroatoms. The molecule has 1 aromatic carbocycles. The molecule has 0 saturated heterocycles. The Labute approximate surface area is 116 Å². The van der Waals surface area contributed by atoms with Crippen molar-refractivity contribution in [2.45, 2.75) is 26.8 Å². The van der Waals surface area contributed by atoms with E-state index in [0.717, 1.165) is 4.88 Å². The Balaban J connectivity index is 2.15. The van der Waals surface area contributed by atoms with Gasteiger partial charge in [-0.25, -0.2) is 4.39 Å². The second-order valence-corrected chi connectivity index (χ2v) is 5.90. The smallest absolute Gasteiger partial charge is 0.254 e. The predicted octanol–water partition coefficient (Wildman–Crippen LogP) is 4.00. The highest BCUT2D eigenvalue weighted by Crippen LogP contribution is 2.23. The first-order valence-electron chi connectivity index (χ1n) is 6.11. The van der Waals surface area contributed by atoms with Crippen LogP contribution in [0.1, 0.15) is 38.6 Å². The van der Waals surface area contributed by atoms with Gasteiger partial charge in [0.25, 0.3) is 5.91 Å². The van der Waals surface area contributed by atoms with E-state index < -0.39 is 5.82 Å². The number of carbonyl (C=O) groups is 1. The molecule has 1 heterocycles. The van der Waals surface area contributed by atoms with Crippen molar-refractivity contribution in [2.75, 3.05) is 0 Å². The molecule has 0 radical (unpaired) electrons.